The first-order chi connectivity index (χ1) is 7.99. The molecule has 0 bridgehead atoms. The summed E-state index contributed by atoms with van der Waals surface area (Å²) in [7, 11) is 0. The van der Waals surface area contributed by atoms with E-state index in [1.807, 2.05) is 6.92 Å². The number of aromatic nitrogens is 4. The van der Waals surface area contributed by atoms with Crippen LogP contribution in [0, 0.1) is 6.92 Å². The van der Waals surface area contributed by atoms with Gasteiger partial charge in [-0.2, -0.15) is 0 Å². The molecular weight excluding hydrogens is 263 g/mol. The summed E-state index contributed by atoms with van der Waals surface area (Å²) in [5.74, 6) is 0.833. The number of nitrogens with two attached hydrogens (primary N) is 2. The topological polar surface area (TPSA) is 104 Å². The lowest BCUT2D eigenvalue weighted by Gasteiger charge is -1.94. The molecule has 4 N–H and O–H groups in total. The van der Waals surface area contributed by atoms with Gasteiger partial charge in [-0.25, -0.2) is 19.9 Å². The first-order valence-electron chi connectivity index (χ1n) is 4.47. The number of nitrogens with zero attached hydrogens (tertiary/aromatic N) is 4. The minimum Gasteiger partial charge on any atom is -0.384 e. The smallest absolute Gasteiger partial charge is 0.224 e. The van der Waals surface area contributed by atoms with Crippen LogP contribution in [0.1, 0.15) is 5.56 Å². The van der Waals surface area contributed by atoms with Crippen molar-refractivity contribution in [3.05, 3.63) is 34.6 Å². The number of aryl methyl sites for hydroxylation is 1. The number of nitrogen functional groups attached to an aromatic ring is 2. The molecule has 0 aliphatic rings. The van der Waals surface area contributed by atoms with Gasteiger partial charge in [0.2, 0.25) is 10.6 Å². The van der Waals surface area contributed by atoms with E-state index in [9.17, 15) is 0 Å². The molecule has 0 aromatic carbocycles. The molecule has 0 unspecified atom stereocenters. The highest BCUT2D eigenvalue weighted by Crippen LogP contribution is 2.07. The van der Waals surface area contributed by atoms with E-state index in [-0.39, 0.29) is 10.6 Å². The van der Waals surface area contributed by atoms with Crippen molar-refractivity contribution in [2.75, 3.05) is 11.5 Å². The second-order valence-electron chi connectivity index (χ2n) is 2.96. The Morgan fingerprint density at radius 1 is 1.06 bits per heavy atom. The third kappa shape index (κ3) is 4.80. The molecule has 0 fully saturated rings. The van der Waals surface area contributed by atoms with Crippen LogP contribution in [0.5, 0.6) is 0 Å². The van der Waals surface area contributed by atoms with Gasteiger partial charge in [-0.15, -0.1) is 0 Å². The normalized spacial score (nSPS) is 9.35. The Balaban J connectivity index is 0.000000171. The Morgan fingerprint density at radius 2 is 1.71 bits per heavy atom. The van der Waals surface area contributed by atoms with E-state index < -0.39 is 0 Å². The first-order valence-corrected chi connectivity index (χ1v) is 5.23. The maximum absolute atomic E-state index is 5.41. The molecule has 0 aliphatic heterocycles. The van der Waals surface area contributed by atoms with Crippen LogP contribution in [-0.2, 0) is 0 Å². The van der Waals surface area contributed by atoms with Gasteiger partial charge in [0.25, 0.3) is 0 Å². The van der Waals surface area contributed by atoms with Gasteiger partial charge in [0.15, 0.2) is 0 Å². The molecule has 0 saturated carbocycles. The van der Waals surface area contributed by atoms with Gasteiger partial charge in [-0.05, 0) is 36.2 Å². The molecule has 0 saturated heterocycles. The summed E-state index contributed by atoms with van der Waals surface area (Å²) >= 11 is 10.8. The average Bonchev–Trinajstić information content (AvgIpc) is 2.24. The molecule has 2 aromatic heterocycles. The Morgan fingerprint density at radius 3 is 2.12 bits per heavy atom. The highest BCUT2D eigenvalue weighted by Gasteiger charge is 1.94. The van der Waals surface area contributed by atoms with Crippen LogP contribution in [0.4, 0.5) is 11.6 Å². The van der Waals surface area contributed by atoms with Crippen LogP contribution in [0.3, 0.4) is 0 Å². The number of anilines is 2. The Hall–Kier alpha value is -1.66. The Labute approximate surface area is 108 Å². The van der Waals surface area contributed by atoms with Gasteiger partial charge in [0, 0.05) is 18.0 Å². The fraction of sp³-hybridized carbons (Fsp3) is 0.111. The number of rotatable bonds is 0. The van der Waals surface area contributed by atoms with Crippen LogP contribution in [0.2, 0.25) is 10.6 Å². The molecule has 8 heteroatoms. The van der Waals surface area contributed by atoms with Crippen molar-refractivity contribution >= 4 is 34.8 Å². The van der Waals surface area contributed by atoms with Crippen molar-refractivity contribution in [1.29, 1.82) is 0 Å². The van der Waals surface area contributed by atoms with Crippen molar-refractivity contribution in [3.63, 3.8) is 0 Å². The second-order valence-corrected chi connectivity index (χ2v) is 3.63. The fourth-order valence-electron chi connectivity index (χ4n) is 0.780. The van der Waals surface area contributed by atoms with E-state index in [1.165, 1.54) is 6.20 Å². The minimum atomic E-state index is 0.185. The average molecular weight is 273 g/mol. The summed E-state index contributed by atoms with van der Waals surface area (Å²) in [6.07, 6.45) is 3.09. The zero-order chi connectivity index (χ0) is 12.8. The summed E-state index contributed by atoms with van der Waals surface area (Å²) in [5.41, 5.74) is 11.5. The van der Waals surface area contributed by atoms with Gasteiger partial charge in [0.1, 0.15) is 11.6 Å². The van der Waals surface area contributed by atoms with Crippen LogP contribution < -0.4 is 11.5 Å². The highest BCUT2D eigenvalue weighted by atomic mass is 35.5. The van der Waals surface area contributed by atoms with Gasteiger partial charge >= 0.3 is 0 Å². The largest absolute Gasteiger partial charge is 0.384 e. The molecule has 0 spiro atoms. The first kappa shape index (κ1) is 13.4. The van der Waals surface area contributed by atoms with Gasteiger partial charge in [-0.1, -0.05) is 0 Å². The van der Waals surface area contributed by atoms with Crippen LogP contribution >= 0.6 is 23.2 Å². The van der Waals surface area contributed by atoms with E-state index in [0.717, 1.165) is 5.56 Å². The van der Waals surface area contributed by atoms with Crippen LogP contribution in [-0.4, -0.2) is 19.9 Å². The van der Waals surface area contributed by atoms with E-state index in [4.69, 9.17) is 34.7 Å². The summed E-state index contributed by atoms with van der Waals surface area (Å²) in [4.78, 5) is 14.6. The second kappa shape index (κ2) is 6.17. The lowest BCUT2D eigenvalue weighted by molar-refractivity contribution is 1.14. The molecule has 0 aliphatic carbocycles. The number of hydrogen-bond donors (Lipinski definition) is 2. The molecule has 6 nitrogen and oxygen atoms in total. The zero-order valence-electron chi connectivity index (χ0n) is 8.93. The predicted octanol–water partition coefficient (Wildman–Crippen LogP) is 1.73. The third-order valence-electron chi connectivity index (χ3n) is 1.63. The van der Waals surface area contributed by atoms with E-state index >= 15 is 0 Å². The maximum atomic E-state index is 5.41. The molecule has 17 heavy (non-hydrogen) atoms. The van der Waals surface area contributed by atoms with Gasteiger partial charge < -0.3 is 11.5 Å². The molecule has 0 radical (unpaired) electrons. The lowest BCUT2D eigenvalue weighted by Crippen LogP contribution is -1.94. The third-order valence-corrected chi connectivity index (χ3v) is 1.99. The highest BCUT2D eigenvalue weighted by molar-refractivity contribution is 6.28. The molecule has 2 heterocycles. The quantitative estimate of drug-likeness (QED) is 0.708. The van der Waals surface area contributed by atoms with Crippen molar-refractivity contribution < 1.29 is 0 Å². The fourth-order valence-corrected chi connectivity index (χ4v) is 1.07. The Bertz CT molecular complexity index is 487. The van der Waals surface area contributed by atoms with E-state index in [1.54, 1.807) is 12.3 Å². The van der Waals surface area contributed by atoms with Crippen molar-refractivity contribution in [3.8, 4) is 0 Å². The number of hydrogen-bond acceptors (Lipinski definition) is 6. The Kier molecular flexibility index (Phi) is 4.86. The lowest BCUT2D eigenvalue weighted by atomic mass is 10.4. The van der Waals surface area contributed by atoms with Crippen LogP contribution in [0.15, 0.2) is 18.5 Å². The molecule has 0 atom stereocenters. The molecule has 2 aromatic rings. The van der Waals surface area contributed by atoms with Crippen LogP contribution in [0.25, 0.3) is 0 Å². The maximum Gasteiger partial charge on any atom is 0.224 e. The molecule has 2 rings (SSSR count). The molecule has 90 valence electrons. The molecular formula is C9H10Cl2N6. The van der Waals surface area contributed by atoms with E-state index in [0.29, 0.717) is 11.6 Å². The summed E-state index contributed by atoms with van der Waals surface area (Å²) in [5, 5.41) is 0.378. The summed E-state index contributed by atoms with van der Waals surface area (Å²) in [6, 6.07) is 1.58. The van der Waals surface area contributed by atoms with Gasteiger partial charge in [0.05, 0.1) is 0 Å². The standard InChI is InChI=1S/C5H6ClN3.C4H4ClN3/c1-3-2-8-5(6)9-4(3)7;5-4-7-2-1-3(6)8-4/h2H,1H3,(H2,7,8,9);1-2H,(H2,6,7,8). The van der Waals surface area contributed by atoms with Crippen molar-refractivity contribution in [2.45, 2.75) is 6.92 Å². The van der Waals surface area contributed by atoms with E-state index in [2.05, 4.69) is 19.9 Å². The summed E-state index contributed by atoms with van der Waals surface area (Å²) < 4.78 is 0. The van der Waals surface area contributed by atoms with Crippen molar-refractivity contribution in [1.82, 2.24) is 19.9 Å². The number of halogens is 2. The minimum absolute atomic E-state index is 0.185. The summed E-state index contributed by atoms with van der Waals surface area (Å²) in [6.45, 7) is 1.83. The zero-order valence-corrected chi connectivity index (χ0v) is 10.4. The predicted molar refractivity (Wildman–Crippen MR) is 67.6 cm³/mol. The van der Waals surface area contributed by atoms with Gasteiger partial charge in [-0.3, -0.25) is 0 Å². The van der Waals surface area contributed by atoms with Crippen molar-refractivity contribution in [2.24, 2.45) is 0 Å². The SMILES string of the molecule is Cc1cnc(Cl)nc1N.Nc1ccnc(Cl)n1. The molecule has 0 amide bonds. The monoisotopic (exact) mass is 272 g/mol.